The normalized spacial score (nSPS) is 10.9. The molecule has 0 aliphatic rings. The molecule has 0 aliphatic heterocycles. The molecule has 0 spiro atoms. The number of fused-ring (bicyclic) bond motifs is 1. The quantitative estimate of drug-likeness (QED) is 0.0721. The van der Waals surface area contributed by atoms with Gasteiger partial charge in [0.1, 0.15) is 11.4 Å². The molecule has 0 unspecified atom stereocenters. The largest absolute Gasteiger partial charge is 0.495 e. The highest BCUT2D eigenvalue weighted by molar-refractivity contribution is 6.34. The lowest BCUT2D eigenvalue weighted by Gasteiger charge is -2.14. The van der Waals surface area contributed by atoms with Crippen LogP contribution in [0.3, 0.4) is 0 Å². The fourth-order valence-electron chi connectivity index (χ4n) is 4.90. The number of halogens is 1. The zero-order valence-electron chi connectivity index (χ0n) is 25.6. The number of rotatable bonds is 11. The first-order valence-corrected chi connectivity index (χ1v) is 14.2. The zero-order chi connectivity index (χ0) is 32.8. The van der Waals surface area contributed by atoms with Crippen molar-refractivity contribution < 1.29 is 38.0 Å². The second kappa shape index (κ2) is 14.0. The summed E-state index contributed by atoms with van der Waals surface area (Å²) in [7, 11) is 7.37. The van der Waals surface area contributed by atoms with Crippen LogP contribution in [-0.2, 0) is 0 Å². The number of hydrazone groups is 1. The van der Waals surface area contributed by atoms with Crippen LogP contribution in [0, 0.1) is 0 Å². The number of ether oxygens (including phenoxy) is 6. The van der Waals surface area contributed by atoms with E-state index in [9.17, 15) is 9.59 Å². The van der Waals surface area contributed by atoms with Crippen LogP contribution in [0.25, 0.3) is 22.0 Å². The van der Waals surface area contributed by atoms with E-state index in [1.54, 1.807) is 37.4 Å². The van der Waals surface area contributed by atoms with Gasteiger partial charge >= 0.3 is 5.97 Å². The van der Waals surface area contributed by atoms with Gasteiger partial charge in [-0.25, -0.2) is 10.2 Å². The van der Waals surface area contributed by atoms with E-state index < -0.39 is 11.9 Å². The maximum Gasteiger partial charge on any atom is 0.343 e. The Morgan fingerprint density at radius 3 is 2.11 bits per heavy atom. The molecule has 4 aromatic carbocycles. The van der Waals surface area contributed by atoms with Gasteiger partial charge in [0.15, 0.2) is 23.0 Å². The molecule has 0 saturated heterocycles. The Bertz CT molecular complexity index is 1930. The van der Waals surface area contributed by atoms with Crippen molar-refractivity contribution in [1.82, 2.24) is 10.4 Å². The number of aromatic amines is 1. The molecule has 0 atom stereocenters. The van der Waals surface area contributed by atoms with Gasteiger partial charge < -0.3 is 33.4 Å². The summed E-state index contributed by atoms with van der Waals surface area (Å²) in [6.45, 7) is 0. The third-order valence-electron chi connectivity index (χ3n) is 7.06. The Hall–Kier alpha value is -5.68. The van der Waals surface area contributed by atoms with E-state index in [1.807, 2.05) is 30.3 Å². The van der Waals surface area contributed by atoms with Crippen molar-refractivity contribution in [2.24, 2.45) is 5.10 Å². The summed E-state index contributed by atoms with van der Waals surface area (Å²) < 4.78 is 32.5. The second-order valence-electron chi connectivity index (χ2n) is 9.65. The number of nitrogens with zero attached hydrogens (tertiary/aromatic N) is 1. The Morgan fingerprint density at radius 2 is 1.46 bits per heavy atom. The Labute approximate surface area is 269 Å². The van der Waals surface area contributed by atoms with Crippen LogP contribution in [0.15, 0.2) is 77.9 Å². The minimum Gasteiger partial charge on any atom is -0.495 e. The van der Waals surface area contributed by atoms with Gasteiger partial charge in [-0.15, -0.1) is 0 Å². The van der Waals surface area contributed by atoms with Crippen LogP contribution >= 0.6 is 11.6 Å². The van der Waals surface area contributed by atoms with Crippen LogP contribution in [0.2, 0.25) is 5.02 Å². The number of para-hydroxylation sites is 1. The highest BCUT2D eigenvalue weighted by Crippen LogP contribution is 2.40. The molecule has 1 heterocycles. The van der Waals surface area contributed by atoms with E-state index in [-0.39, 0.29) is 22.8 Å². The number of hydrogen-bond donors (Lipinski definition) is 2. The van der Waals surface area contributed by atoms with Gasteiger partial charge in [-0.1, -0.05) is 41.9 Å². The van der Waals surface area contributed by atoms with Gasteiger partial charge in [0, 0.05) is 21.5 Å². The average Bonchev–Trinajstić information content (AvgIpc) is 3.48. The summed E-state index contributed by atoms with van der Waals surface area (Å²) >= 11 is 6.53. The smallest absolute Gasteiger partial charge is 0.343 e. The number of benzene rings is 4. The van der Waals surface area contributed by atoms with Crippen LogP contribution in [-0.4, -0.2) is 58.6 Å². The van der Waals surface area contributed by atoms with Gasteiger partial charge in [0.05, 0.1) is 52.8 Å². The molecule has 0 fully saturated rings. The lowest BCUT2D eigenvalue weighted by molar-refractivity contribution is 0.0728. The van der Waals surface area contributed by atoms with E-state index in [1.165, 1.54) is 46.8 Å². The van der Waals surface area contributed by atoms with E-state index in [0.717, 1.165) is 5.39 Å². The van der Waals surface area contributed by atoms with E-state index >= 15 is 0 Å². The number of methoxy groups -OCH3 is 5. The van der Waals surface area contributed by atoms with Crippen molar-refractivity contribution in [3.8, 4) is 45.6 Å². The fourth-order valence-corrected chi connectivity index (χ4v) is 5.13. The number of amides is 1. The SMILES string of the molecule is COc1cc(C=NNC(=O)c2[nH]c3c(OC)cccc3c2-c2ccccc2Cl)ccc1OC(=O)c1cc(OC)c(OC)c(OC)c1. The summed E-state index contributed by atoms with van der Waals surface area (Å²) in [5.74, 6) is 0.798. The second-order valence-corrected chi connectivity index (χ2v) is 10.1. The lowest BCUT2D eigenvalue weighted by Crippen LogP contribution is -2.19. The molecular weight excluding hydrogens is 614 g/mol. The molecule has 12 heteroatoms. The number of H-pyrrole nitrogens is 1. The summed E-state index contributed by atoms with van der Waals surface area (Å²) in [6.07, 6.45) is 1.43. The van der Waals surface area contributed by atoms with Crippen molar-refractivity contribution in [2.75, 3.05) is 35.5 Å². The molecule has 0 saturated carbocycles. The Kier molecular flexibility index (Phi) is 9.63. The van der Waals surface area contributed by atoms with Gasteiger partial charge in [0.25, 0.3) is 5.91 Å². The molecule has 0 aliphatic carbocycles. The van der Waals surface area contributed by atoms with Crippen molar-refractivity contribution in [1.29, 1.82) is 0 Å². The molecule has 5 rings (SSSR count). The molecule has 5 aromatic rings. The first-order valence-electron chi connectivity index (χ1n) is 13.8. The third kappa shape index (κ3) is 6.26. The molecule has 11 nitrogen and oxygen atoms in total. The van der Waals surface area contributed by atoms with Crippen molar-refractivity contribution in [3.05, 3.63) is 94.6 Å². The van der Waals surface area contributed by atoms with Crippen molar-refractivity contribution >= 4 is 40.6 Å². The Balaban J connectivity index is 1.37. The average molecular weight is 644 g/mol. The van der Waals surface area contributed by atoms with E-state index in [4.69, 9.17) is 40.0 Å². The molecule has 1 amide bonds. The van der Waals surface area contributed by atoms with Gasteiger partial charge in [0.2, 0.25) is 5.75 Å². The summed E-state index contributed by atoms with van der Waals surface area (Å²) in [5.41, 5.74) is 5.51. The molecule has 2 N–H and O–H groups in total. The molecular formula is C34H30ClN3O8. The molecule has 0 bridgehead atoms. The number of carbonyl (C=O) groups is 2. The first-order chi connectivity index (χ1) is 22.3. The minimum absolute atomic E-state index is 0.166. The van der Waals surface area contributed by atoms with E-state index in [2.05, 4.69) is 15.5 Å². The standard InChI is InChI=1S/C34H30ClN3O8/c1-41-25-12-8-10-22-29(21-9-6-7-11-23(21)35)31(37-30(22)25)33(39)38-36-18-19-13-14-24(26(15-19)42-2)46-34(40)20-16-27(43-3)32(45-5)28(17-20)44-4/h6-18,37H,1-5H3,(H,38,39). The molecule has 46 heavy (non-hydrogen) atoms. The van der Waals surface area contributed by atoms with Gasteiger partial charge in [-0.2, -0.15) is 5.10 Å². The van der Waals surface area contributed by atoms with E-state index in [0.29, 0.717) is 50.2 Å². The zero-order valence-corrected chi connectivity index (χ0v) is 26.4. The topological polar surface area (TPSA) is 130 Å². The third-order valence-corrected chi connectivity index (χ3v) is 7.39. The van der Waals surface area contributed by atoms with Gasteiger partial charge in [-0.3, -0.25) is 4.79 Å². The molecule has 0 radical (unpaired) electrons. The van der Waals surface area contributed by atoms with Gasteiger partial charge in [-0.05, 0) is 48.0 Å². The monoisotopic (exact) mass is 643 g/mol. The van der Waals surface area contributed by atoms with Crippen molar-refractivity contribution in [2.45, 2.75) is 0 Å². The Morgan fingerprint density at radius 1 is 0.761 bits per heavy atom. The minimum atomic E-state index is -0.671. The molecule has 236 valence electrons. The number of nitrogens with one attached hydrogen (secondary N) is 2. The number of esters is 1. The first kappa shape index (κ1) is 31.7. The maximum absolute atomic E-state index is 13.4. The fraction of sp³-hybridized carbons (Fsp3) is 0.147. The van der Waals surface area contributed by atoms with Crippen LogP contribution < -0.4 is 33.8 Å². The van der Waals surface area contributed by atoms with Crippen LogP contribution in [0.5, 0.6) is 34.5 Å². The van der Waals surface area contributed by atoms with Crippen molar-refractivity contribution in [3.63, 3.8) is 0 Å². The highest BCUT2D eigenvalue weighted by Gasteiger charge is 2.23. The van der Waals surface area contributed by atoms with Crippen LogP contribution in [0.1, 0.15) is 26.4 Å². The lowest BCUT2D eigenvalue weighted by atomic mass is 10.0. The summed E-state index contributed by atoms with van der Waals surface area (Å²) in [6, 6.07) is 20.6. The molecule has 1 aromatic heterocycles. The summed E-state index contributed by atoms with van der Waals surface area (Å²) in [4.78, 5) is 29.6. The maximum atomic E-state index is 13.4. The highest BCUT2D eigenvalue weighted by atomic mass is 35.5. The predicted octanol–water partition coefficient (Wildman–Crippen LogP) is 6.51. The number of carbonyl (C=O) groups excluding carboxylic acids is 2. The predicted molar refractivity (Wildman–Crippen MR) is 174 cm³/mol. The number of hydrogen-bond acceptors (Lipinski definition) is 9. The number of aromatic nitrogens is 1. The summed E-state index contributed by atoms with van der Waals surface area (Å²) in [5, 5.41) is 5.40. The van der Waals surface area contributed by atoms with Crippen LogP contribution in [0.4, 0.5) is 0 Å².